The first kappa shape index (κ1) is 18.1. The van der Waals surface area contributed by atoms with Gasteiger partial charge in [0.05, 0.1) is 0 Å². The van der Waals surface area contributed by atoms with E-state index in [0.29, 0.717) is 0 Å². The predicted octanol–water partition coefficient (Wildman–Crippen LogP) is 4.06. The van der Waals surface area contributed by atoms with Crippen molar-refractivity contribution in [3.8, 4) is 0 Å². The Morgan fingerprint density at radius 2 is 1.67 bits per heavy atom. The molecule has 120 valence electrons. The molecule has 0 saturated heterocycles. The zero-order valence-corrected chi connectivity index (χ0v) is 14.5. The summed E-state index contributed by atoms with van der Waals surface area (Å²) in [6, 6.07) is 6.79. The monoisotopic (exact) mass is 294 g/mol. The van der Waals surface area contributed by atoms with E-state index >= 15 is 0 Å². The molecule has 1 rings (SSSR count). The molecule has 0 aliphatic rings. The fourth-order valence-electron chi connectivity index (χ4n) is 2.38. The molecule has 0 radical (unpaired) electrons. The largest absolute Gasteiger partial charge is 0.311 e. The van der Waals surface area contributed by atoms with Crippen molar-refractivity contribution in [2.24, 2.45) is 5.41 Å². The Bertz CT molecular complexity index is 422. The van der Waals surface area contributed by atoms with Crippen LogP contribution in [0.1, 0.15) is 46.6 Å². The molecule has 2 nitrogen and oxygen atoms in total. The standard InChI is InChI=1S/C18H31FN2/c1-7-18(5,13-20-17(2,3)4)14-21(6)12-15-8-10-16(19)11-9-15/h8-11,20H,7,12-14H2,1-6H3. The summed E-state index contributed by atoms with van der Waals surface area (Å²) in [7, 11) is 2.13. The van der Waals surface area contributed by atoms with Gasteiger partial charge in [0.15, 0.2) is 0 Å². The van der Waals surface area contributed by atoms with E-state index in [4.69, 9.17) is 0 Å². The van der Waals surface area contributed by atoms with Gasteiger partial charge in [0, 0.05) is 25.2 Å². The summed E-state index contributed by atoms with van der Waals surface area (Å²) in [5.74, 6) is -0.172. The van der Waals surface area contributed by atoms with Crippen molar-refractivity contribution < 1.29 is 4.39 Å². The topological polar surface area (TPSA) is 15.3 Å². The molecule has 3 heteroatoms. The van der Waals surface area contributed by atoms with E-state index in [-0.39, 0.29) is 16.8 Å². The highest BCUT2D eigenvalue weighted by atomic mass is 19.1. The number of hydrogen-bond donors (Lipinski definition) is 1. The highest BCUT2D eigenvalue weighted by Gasteiger charge is 2.25. The lowest BCUT2D eigenvalue weighted by Crippen LogP contribution is -2.46. The van der Waals surface area contributed by atoms with Crippen molar-refractivity contribution in [1.29, 1.82) is 0 Å². The Morgan fingerprint density at radius 3 is 2.14 bits per heavy atom. The van der Waals surface area contributed by atoms with Crippen LogP contribution in [0.2, 0.25) is 0 Å². The van der Waals surface area contributed by atoms with E-state index in [2.05, 4.69) is 51.9 Å². The zero-order chi connectivity index (χ0) is 16.1. The average Bonchev–Trinajstić information content (AvgIpc) is 2.38. The fourth-order valence-corrected chi connectivity index (χ4v) is 2.38. The number of hydrogen-bond acceptors (Lipinski definition) is 2. The van der Waals surface area contributed by atoms with Gasteiger partial charge in [-0.05, 0) is 57.4 Å². The zero-order valence-electron chi connectivity index (χ0n) is 14.5. The summed E-state index contributed by atoms with van der Waals surface area (Å²) in [4.78, 5) is 2.32. The third kappa shape index (κ3) is 7.05. The molecule has 0 amide bonds. The van der Waals surface area contributed by atoms with Gasteiger partial charge in [0.1, 0.15) is 5.82 Å². The summed E-state index contributed by atoms with van der Waals surface area (Å²) in [5.41, 5.74) is 1.54. The van der Waals surface area contributed by atoms with Gasteiger partial charge in [0.25, 0.3) is 0 Å². The van der Waals surface area contributed by atoms with E-state index in [1.54, 1.807) is 0 Å². The van der Waals surface area contributed by atoms with Crippen LogP contribution in [0.15, 0.2) is 24.3 Å². The van der Waals surface area contributed by atoms with Gasteiger partial charge in [-0.1, -0.05) is 26.0 Å². The van der Waals surface area contributed by atoms with Crippen LogP contribution in [0.4, 0.5) is 4.39 Å². The third-order valence-electron chi connectivity index (χ3n) is 3.92. The maximum absolute atomic E-state index is 12.9. The minimum Gasteiger partial charge on any atom is -0.311 e. The number of nitrogens with zero attached hydrogens (tertiary/aromatic N) is 1. The molecule has 0 heterocycles. The molecule has 0 spiro atoms. The summed E-state index contributed by atoms with van der Waals surface area (Å²) in [6.45, 7) is 14.0. The molecule has 0 bridgehead atoms. The predicted molar refractivity (Wildman–Crippen MR) is 88.9 cm³/mol. The summed E-state index contributed by atoms with van der Waals surface area (Å²) in [5, 5.41) is 3.61. The van der Waals surface area contributed by atoms with Gasteiger partial charge in [-0.3, -0.25) is 0 Å². The van der Waals surface area contributed by atoms with Gasteiger partial charge in [-0.25, -0.2) is 4.39 Å². The fraction of sp³-hybridized carbons (Fsp3) is 0.667. The van der Waals surface area contributed by atoms with E-state index in [9.17, 15) is 4.39 Å². The van der Waals surface area contributed by atoms with E-state index < -0.39 is 0 Å². The second-order valence-corrected chi connectivity index (χ2v) is 7.57. The maximum Gasteiger partial charge on any atom is 0.123 e. The molecule has 0 aliphatic carbocycles. The normalized spacial score (nSPS) is 15.2. The average molecular weight is 294 g/mol. The molecule has 1 aromatic carbocycles. The van der Waals surface area contributed by atoms with Crippen LogP contribution in [0.5, 0.6) is 0 Å². The van der Waals surface area contributed by atoms with E-state index in [1.165, 1.54) is 12.1 Å². The van der Waals surface area contributed by atoms with Crippen LogP contribution in [0, 0.1) is 11.2 Å². The lowest BCUT2D eigenvalue weighted by molar-refractivity contribution is 0.164. The van der Waals surface area contributed by atoms with E-state index in [0.717, 1.165) is 31.6 Å². The van der Waals surface area contributed by atoms with Gasteiger partial charge in [-0.2, -0.15) is 0 Å². The first-order chi connectivity index (χ1) is 9.63. The quantitative estimate of drug-likeness (QED) is 0.816. The molecule has 21 heavy (non-hydrogen) atoms. The van der Waals surface area contributed by atoms with Crippen LogP contribution in [0.3, 0.4) is 0 Å². The molecule has 0 saturated carbocycles. The Labute approximate surface area is 129 Å². The number of rotatable bonds is 7. The highest BCUT2D eigenvalue weighted by molar-refractivity contribution is 5.15. The summed E-state index contributed by atoms with van der Waals surface area (Å²) < 4.78 is 12.9. The van der Waals surface area contributed by atoms with E-state index in [1.807, 2.05) is 12.1 Å². The second-order valence-electron chi connectivity index (χ2n) is 7.57. The molecule has 0 aliphatic heterocycles. The summed E-state index contributed by atoms with van der Waals surface area (Å²) >= 11 is 0. The number of halogens is 1. The smallest absolute Gasteiger partial charge is 0.123 e. The summed E-state index contributed by atoms with van der Waals surface area (Å²) in [6.07, 6.45) is 1.13. The van der Waals surface area contributed by atoms with Crippen LogP contribution in [0.25, 0.3) is 0 Å². The molecule has 1 N–H and O–H groups in total. The van der Waals surface area contributed by atoms with Gasteiger partial charge < -0.3 is 10.2 Å². The molecule has 1 aromatic rings. The van der Waals surface area contributed by atoms with Crippen LogP contribution in [-0.4, -0.2) is 30.6 Å². The minimum absolute atomic E-state index is 0.145. The first-order valence-electron chi connectivity index (χ1n) is 7.81. The molecule has 0 aromatic heterocycles. The Morgan fingerprint density at radius 1 is 1.10 bits per heavy atom. The molecular formula is C18H31FN2. The van der Waals surface area contributed by atoms with Crippen molar-refractivity contribution in [2.45, 2.75) is 53.1 Å². The molecule has 1 unspecified atom stereocenters. The molecule has 1 atom stereocenters. The molecular weight excluding hydrogens is 263 g/mol. The van der Waals surface area contributed by atoms with Crippen molar-refractivity contribution in [2.75, 3.05) is 20.1 Å². The van der Waals surface area contributed by atoms with Crippen molar-refractivity contribution in [3.05, 3.63) is 35.6 Å². The van der Waals surface area contributed by atoms with Crippen LogP contribution < -0.4 is 5.32 Å². The lowest BCUT2D eigenvalue weighted by Gasteiger charge is -2.36. The Balaban J connectivity index is 2.56. The lowest BCUT2D eigenvalue weighted by atomic mass is 9.86. The van der Waals surface area contributed by atoms with Gasteiger partial charge in [0.2, 0.25) is 0 Å². The molecule has 0 fully saturated rings. The van der Waals surface area contributed by atoms with Crippen LogP contribution in [-0.2, 0) is 6.54 Å². The number of nitrogens with one attached hydrogen (secondary N) is 1. The van der Waals surface area contributed by atoms with Gasteiger partial charge >= 0.3 is 0 Å². The minimum atomic E-state index is -0.172. The highest BCUT2D eigenvalue weighted by Crippen LogP contribution is 2.23. The number of benzene rings is 1. The van der Waals surface area contributed by atoms with Crippen molar-refractivity contribution >= 4 is 0 Å². The van der Waals surface area contributed by atoms with Crippen molar-refractivity contribution in [1.82, 2.24) is 10.2 Å². The Kier molecular flexibility index (Phi) is 6.36. The Hall–Kier alpha value is -0.930. The SMILES string of the molecule is CCC(C)(CNC(C)(C)C)CN(C)Cc1ccc(F)cc1. The first-order valence-corrected chi connectivity index (χ1v) is 7.81. The van der Waals surface area contributed by atoms with Crippen molar-refractivity contribution in [3.63, 3.8) is 0 Å². The second kappa shape index (κ2) is 7.37. The maximum atomic E-state index is 12.9. The third-order valence-corrected chi connectivity index (χ3v) is 3.92. The van der Waals surface area contributed by atoms with Crippen LogP contribution >= 0.6 is 0 Å². The van der Waals surface area contributed by atoms with Gasteiger partial charge in [-0.15, -0.1) is 0 Å².